The minimum atomic E-state index is -1.55. The molecule has 2 aliphatic rings. The molecule has 2 aromatic rings. The topological polar surface area (TPSA) is 50.2 Å². The van der Waals surface area contributed by atoms with Gasteiger partial charge in [0.2, 0.25) is 0 Å². The van der Waals surface area contributed by atoms with Gasteiger partial charge in [-0.25, -0.2) is 22.9 Å². The quantitative estimate of drug-likeness (QED) is 0.819. The highest BCUT2D eigenvalue weighted by Gasteiger charge is 2.29. The number of amides is 2. The van der Waals surface area contributed by atoms with Crippen molar-refractivity contribution >= 4 is 11.7 Å². The van der Waals surface area contributed by atoms with E-state index in [-0.39, 0.29) is 5.69 Å². The first kappa shape index (κ1) is 16.9. The lowest BCUT2D eigenvalue weighted by molar-refractivity contribution is 0.196. The fraction of sp³-hybridized carbons (Fsp3) is 0.444. The monoisotopic (exact) mass is 364 g/mol. The number of nitrogens with one attached hydrogen (secondary N) is 1. The average Bonchev–Trinajstić information content (AvgIpc) is 3.28. The third-order valence-corrected chi connectivity index (χ3v) is 5.19. The summed E-state index contributed by atoms with van der Waals surface area (Å²) in [6.07, 6.45) is 6.45. The van der Waals surface area contributed by atoms with E-state index in [1.54, 1.807) is 4.90 Å². The van der Waals surface area contributed by atoms with E-state index in [1.807, 2.05) is 6.33 Å². The van der Waals surface area contributed by atoms with Gasteiger partial charge in [-0.2, -0.15) is 0 Å². The van der Waals surface area contributed by atoms with Crippen LogP contribution in [-0.4, -0.2) is 27.0 Å². The molecule has 0 unspecified atom stereocenters. The number of fused-ring (bicyclic) bond motifs is 1. The molecule has 2 heterocycles. The summed E-state index contributed by atoms with van der Waals surface area (Å²) in [6, 6.07) is 1.07. The van der Waals surface area contributed by atoms with E-state index in [9.17, 15) is 18.0 Å². The van der Waals surface area contributed by atoms with Crippen LogP contribution in [0.1, 0.15) is 43.0 Å². The van der Waals surface area contributed by atoms with Crippen molar-refractivity contribution in [1.29, 1.82) is 0 Å². The van der Waals surface area contributed by atoms with Crippen LogP contribution in [0.5, 0.6) is 0 Å². The summed E-state index contributed by atoms with van der Waals surface area (Å²) in [5, 5.41) is 2.44. The molecule has 1 aliphatic carbocycles. The number of carbonyl (C=O) groups excluding carboxylic acids is 1. The highest BCUT2D eigenvalue weighted by Crippen LogP contribution is 2.36. The van der Waals surface area contributed by atoms with Crippen LogP contribution in [0.25, 0.3) is 0 Å². The molecule has 1 N–H and O–H groups in total. The standard InChI is InChI=1S/C18H19F3N4O/c19-13-7-12(8-14(20)16(13)21)23-18(26)24-5-6-25-10-22-17(15(25)9-24)11-3-1-2-4-11/h7-8,10-11H,1-6,9H2,(H,23,26). The first-order valence-electron chi connectivity index (χ1n) is 8.77. The molecule has 138 valence electrons. The number of carbonyl (C=O) groups is 1. The van der Waals surface area contributed by atoms with Crippen molar-refractivity contribution < 1.29 is 18.0 Å². The number of benzene rings is 1. The Morgan fingerprint density at radius 1 is 1.12 bits per heavy atom. The van der Waals surface area contributed by atoms with Gasteiger partial charge in [-0.05, 0) is 12.8 Å². The Hall–Kier alpha value is -2.51. The molecule has 1 aromatic heterocycles. The molecule has 1 aromatic carbocycles. The second-order valence-corrected chi connectivity index (χ2v) is 6.86. The second-order valence-electron chi connectivity index (χ2n) is 6.86. The van der Waals surface area contributed by atoms with Crippen LogP contribution >= 0.6 is 0 Å². The van der Waals surface area contributed by atoms with Gasteiger partial charge in [0, 0.05) is 36.8 Å². The van der Waals surface area contributed by atoms with Crippen LogP contribution in [0.2, 0.25) is 0 Å². The largest absolute Gasteiger partial charge is 0.331 e. The zero-order valence-corrected chi connectivity index (χ0v) is 14.1. The van der Waals surface area contributed by atoms with Gasteiger partial charge in [0.25, 0.3) is 0 Å². The number of aromatic nitrogens is 2. The fourth-order valence-corrected chi connectivity index (χ4v) is 3.82. The van der Waals surface area contributed by atoms with E-state index in [0.717, 1.165) is 36.4 Å². The number of halogens is 3. The van der Waals surface area contributed by atoms with Crippen molar-refractivity contribution in [3.05, 3.63) is 47.3 Å². The SMILES string of the molecule is O=C(Nc1cc(F)c(F)c(F)c1)N1CCn2cnc(C3CCCC3)c2C1. The fourth-order valence-electron chi connectivity index (χ4n) is 3.82. The second kappa shape index (κ2) is 6.66. The lowest BCUT2D eigenvalue weighted by atomic mass is 10.0. The molecule has 0 spiro atoms. The molecular formula is C18H19F3N4O. The van der Waals surface area contributed by atoms with Crippen molar-refractivity contribution in [1.82, 2.24) is 14.5 Å². The predicted octanol–water partition coefficient (Wildman–Crippen LogP) is 4.01. The van der Waals surface area contributed by atoms with E-state index in [1.165, 1.54) is 12.8 Å². The minimum Gasteiger partial charge on any atom is -0.331 e. The number of nitrogens with zero attached hydrogens (tertiary/aromatic N) is 3. The highest BCUT2D eigenvalue weighted by molar-refractivity contribution is 5.89. The van der Waals surface area contributed by atoms with E-state index < -0.39 is 23.5 Å². The molecule has 0 atom stereocenters. The number of hydrogen-bond donors (Lipinski definition) is 1. The Kier molecular flexibility index (Phi) is 4.34. The van der Waals surface area contributed by atoms with Gasteiger partial charge >= 0.3 is 6.03 Å². The van der Waals surface area contributed by atoms with E-state index >= 15 is 0 Å². The van der Waals surface area contributed by atoms with Gasteiger partial charge in [0.15, 0.2) is 17.5 Å². The average molecular weight is 364 g/mol. The van der Waals surface area contributed by atoms with Crippen LogP contribution in [-0.2, 0) is 13.1 Å². The lowest BCUT2D eigenvalue weighted by Crippen LogP contribution is -2.41. The number of urea groups is 1. The Balaban J connectivity index is 1.50. The van der Waals surface area contributed by atoms with Crippen molar-refractivity contribution in [2.24, 2.45) is 0 Å². The lowest BCUT2D eigenvalue weighted by Gasteiger charge is -2.29. The number of anilines is 1. The molecule has 4 rings (SSSR count). The van der Waals surface area contributed by atoms with E-state index in [2.05, 4.69) is 14.9 Å². The zero-order chi connectivity index (χ0) is 18.3. The summed E-state index contributed by atoms with van der Waals surface area (Å²) >= 11 is 0. The smallest absolute Gasteiger partial charge is 0.322 e. The molecule has 5 nitrogen and oxygen atoms in total. The van der Waals surface area contributed by atoms with Gasteiger partial charge in [-0.3, -0.25) is 0 Å². The Morgan fingerprint density at radius 2 is 1.81 bits per heavy atom. The van der Waals surface area contributed by atoms with Crippen molar-refractivity contribution in [3.63, 3.8) is 0 Å². The molecular weight excluding hydrogens is 345 g/mol. The maximum atomic E-state index is 13.3. The molecule has 0 radical (unpaired) electrons. The van der Waals surface area contributed by atoms with Gasteiger partial charge < -0.3 is 14.8 Å². The minimum absolute atomic E-state index is 0.110. The summed E-state index contributed by atoms with van der Waals surface area (Å²) in [6.45, 7) is 1.48. The highest BCUT2D eigenvalue weighted by atomic mass is 19.2. The molecule has 2 amide bonds. The summed E-state index contributed by atoms with van der Waals surface area (Å²) in [5.41, 5.74) is 1.97. The van der Waals surface area contributed by atoms with Gasteiger partial charge in [-0.15, -0.1) is 0 Å². The molecule has 0 saturated heterocycles. The molecule has 1 aliphatic heterocycles. The first-order valence-corrected chi connectivity index (χ1v) is 8.77. The number of hydrogen-bond acceptors (Lipinski definition) is 2. The molecule has 0 bridgehead atoms. The van der Waals surface area contributed by atoms with Crippen LogP contribution in [0.15, 0.2) is 18.5 Å². The molecule has 1 saturated carbocycles. The normalized spacial score (nSPS) is 17.4. The van der Waals surface area contributed by atoms with Gasteiger partial charge in [-0.1, -0.05) is 12.8 Å². The summed E-state index contributed by atoms with van der Waals surface area (Å²) in [5.74, 6) is -3.78. The van der Waals surface area contributed by atoms with E-state index in [4.69, 9.17) is 0 Å². The summed E-state index contributed by atoms with van der Waals surface area (Å²) < 4.78 is 41.8. The number of rotatable bonds is 2. The Labute approximate surface area is 148 Å². The Morgan fingerprint density at radius 3 is 2.50 bits per heavy atom. The maximum Gasteiger partial charge on any atom is 0.322 e. The predicted molar refractivity (Wildman–Crippen MR) is 89.2 cm³/mol. The first-order chi connectivity index (χ1) is 12.5. The maximum absolute atomic E-state index is 13.3. The Bertz CT molecular complexity index is 822. The third-order valence-electron chi connectivity index (χ3n) is 5.19. The molecule has 1 fully saturated rings. The number of imidazole rings is 1. The van der Waals surface area contributed by atoms with E-state index in [0.29, 0.717) is 25.6 Å². The summed E-state index contributed by atoms with van der Waals surface area (Å²) in [4.78, 5) is 18.6. The molecule has 8 heteroatoms. The zero-order valence-electron chi connectivity index (χ0n) is 14.1. The van der Waals surface area contributed by atoms with Crippen LogP contribution < -0.4 is 5.32 Å². The summed E-state index contributed by atoms with van der Waals surface area (Å²) in [7, 11) is 0. The van der Waals surface area contributed by atoms with Crippen molar-refractivity contribution in [3.8, 4) is 0 Å². The van der Waals surface area contributed by atoms with Crippen molar-refractivity contribution in [2.75, 3.05) is 11.9 Å². The van der Waals surface area contributed by atoms with Crippen molar-refractivity contribution in [2.45, 2.75) is 44.7 Å². The third kappa shape index (κ3) is 3.04. The van der Waals surface area contributed by atoms with Crippen LogP contribution in [0.3, 0.4) is 0 Å². The molecule has 26 heavy (non-hydrogen) atoms. The van der Waals surface area contributed by atoms with Crippen LogP contribution in [0, 0.1) is 17.5 Å². The van der Waals surface area contributed by atoms with Gasteiger partial charge in [0.1, 0.15) is 0 Å². The van der Waals surface area contributed by atoms with Gasteiger partial charge in [0.05, 0.1) is 24.3 Å². The van der Waals surface area contributed by atoms with Crippen LogP contribution in [0.4, 0.5) is 23.7 Å².